The van der Waals surface area contributed by atoms with Crippen molar-refractivity contribution in [2.45, 2.75) is 20.3 Å². The first kappa shape index (κ1) is 28.8. The number of nitrogens with zero attached hydrogens (tertiary/aromatic N) is 2. The van der Waals surface area contributed by atoms with Crippen LogP contribution in [0, 0.1) is 12.1 Å². The molecule has 0 saturated heterocycles. The first-order chi connectivity index (χ1) is 17.7. The third-order valence-electron chi connectivity index (χ3n) is 5.76. The molecule has 0 bridgehead atoms. The molecule has 1 radical (unpaired) electrons. The summed E-state index contributed by atoms with van der Waals surface area (Å²) in [5.41, 5.74) is 3.98. The Hall–Kier alpha value is -3.79. The Kier molecular flexibility index (Phi) is 10.3. The fourth-order valence-electron chi connectivity index (χ4n) is 4.14. The van der Waals surface area contributed by atoms with Gasteiger partial charge in [-0.1, -0.05) is 56.0 Å². The van der Waals surface area contributed by atoms with Gasteiger partial charge in [-0.3, -0.25) is 0 Å². The maximum atomic E-state index is 12.6. The van der Waals surface area contributed by atoms with E-state index in [0.717, 1.165) is 27.6 Å². The number of pyridine rings is 2. The van der Waals surface area contributed by atoms with Gasteiger partial charge in [-0.2, -0.15) is 0 Å². The molecule has 2 aromatic heterocycles. The van der Waals surface area contributed by atoms with Gasteiger partial charge in [-0.05, 0) is 45.1 Å². The first-order valence-corrected chi connectivity index (χ1v) is 11.6. The SMILES string of the molecule is C.FC(F)Cc1cc2ccccc2c(-c2[c-]cccc2)n1.[Ir].[c-]1ccccc1-c1nccc2ccccc12. The summed E-state index contributed by atoms with van der Waals surface area (Å²) in [6.45, 7) is 0. The average molecular weight is 681 g/mol. The topological polar surface area (TPSA) is 25.8 Å². The van der Waals surface area contributed by atoms with Gasteiger partial charge in [0.1, 0.15) is 0 Å². The van der Waals surface area contributed by atoms with Crippen LogP contribution in [-0.4, -0.2) is 16.4 Å². The molecule has 0 amide bonds. The van der Waals surface area contributed by atoms with Crippen LogP contribution in [0.2, 0.25) is 0 Å². The van der Waals surface area contributed by atoms with E-state index in [9.17, 15) is 8.78 Å². The second kappa shape index (κ2) is 13.7. The van der Waals surface area contributed by atoms with Crippen LogP contribution in [0.15, 0.2) is 115 Å². The second-order valence-corrected chi connectivity index (χ2v) is 8.21. The van der Waals surface area contributed by atoms with Crippen molar-refractivity contribution < 1.29 is 28.9 Å². The molecule has 6 aromatic rings. The van der Waals surface area contributed by atoms with Crippen LogP contribution < -0.4 is 0 Å². The molecule has 0 N–H and O–H groups in total. The zero-order valence-corrected chi connectivity index (χ0v) is 22.1. The smallest absolute Gasteiger partial charge is 0.244 e. The molecule has 0 atom stereocenters. The zero-order chi connectivity index (χ0) is 24.7. The molecule has 0 aliphatic rings. The summed E-state index contributed by atoms with van der Waals surface area (Å²) in [5, 5.41) is 4.26. The van der Waals surface area contributed by atoms with E-state index in [1.807, 2.05) is 91.1 Å². The largest absolute Gasteiger partial charge is 0.304 e. The first-order valence-electron chi connectivity index (χ1n) is 11.6. The zero-order valence-electron chi connectivity index (χ0n) is 19.7. The van der Waals surface area contributed by atoms with Gasteiger partial charge in [0.05, 0.1) is 0 Å². The maximum absolute atomic E-state index is 12.6. The molecule has 2 heterocycles. The minimum Gasteiger partial charge on any atom is -0.304 e. The summed E-state index contributed by atoms with van der Waals surface area (Å²) < 4.78 is 25.2. The summed E-state index contributed by atoms with van der Waals surface area (Å²) in [7, 11) is 0. The summed E-state index contributed by atoms with van der Waals surface area (Å²) >= 11 is 0. The van der Waals surface area contributed by atoms with Crippen LogP contribution in [0.3, 0.4) is 0 Å². The van der Waals surface area contributed by atoms with Crippen molar-refractivity contribution in [3.05, 3.63) is 133 Å². The van der Waals surface area contributed by atoms with Crippen molar-refractivity contribution in [3.8, 4) is 22.5 Å². The summed E-state index contributed by atoms with van der Waals surface area (Å²) in [4.78, 5) is 8.85. The van der Waals surface area contributed by atoms with Gasteiger partial charge in [0.2, 0.25) is 6.43 Å². The van der Waals surface area contributed by atoms with E-state index in [1.165, 1.54) is 10.8 Å². The number of halogens is 2. The Morgan fingerprint density at radius 3 is 1.82 bits per heavy atom. The van der Waals surface area contributed by atoms with Crippen LogP contribution in [-0.2, 0) is 26.5 Å². The standard InChI is InChI=1S/C17H12F2N.C15H10N.CH4.Ir/c18-16(19)11-14-10-13-8-4-5-9-15(13)17(20-14)12-6-2-1-3-7-12;1-2-7-13(8-3-1)15-14-9-5-4-6-12(14)10-11-16-15;;/h1-6,8-10,16H,11H2;1-7,9-11H;1H4;/q2*-1;;. The van der Waals surface area contributed by atoms with Gasteiger partial charge in [0.25, 0.3) is 0 Å². The van der Waals surface area contributed by atoms with E-state index in [0.29, 0.717) is 11.4 Å². The number of rotatable bonds is 4. The molecule has 0 fully saturated rings. The van der Waals surface area contributed by atoms with Crippen molar-refractivity contribution in [3.63, 3.8) is 0 Å². The summed E-state index contributed by atoms with van der Waals surface area (Å²) in [6, 6.07) is 41.4. The van der Waals surface area contributed by atoms with E-state index < -0.39 is 6.43 Å². The molecule has 6 rings (SSSR count). The summed E-state index contributed by atoms with van der Waals surface area (Å²) in [5.74, 6) is 0. The fraction of sp³-hybridized carbons (Fsp3) is 0.0909. The van der Waals surface area contributed by atoms with Gasteiger partial charge in [-0.15, -0.1) is 71.8 Å². The Bertz CT molecular complexity index is 1580. The average Bonchev–Trinajstić information content (AvgIpc) is 2.93. The number of benzene rings is 4. The molecule has 38 heavy (non-hydrogen) atoms. The fourth-order valence-corrected chi connectivity index (χ4v) is 4.14. The van der Waals surface area contributed by atoms with Gasteiger partial charge in [0.15, 0.2) is 0 Å². The quantitative estimate of drug-likeness (QED) is 0.174. The Balaban J connectivity index is 0.000000204. The molecular formula is C33H26F2IrN2-2. The monoisotopic (exact) mass is 681 g/mol. The molecule has 4 aromatic carbocycles. The van der Waals surface area contributed by atoms with Crippen LogP contribution in [0.25, 0.3) is 44.1 Å². The van der Waals surface area contributed by atoms with Crippen LogP contribution in [0.5, 0.6) is 0 Å². The molecule has 5 heteroatoms. The number of hydrogen-bond acceptors (Lipinski definition) is 2. The molecule has 0 aliphatic heterocycles. The molecule has 0 unspecified atom stereocenters. The third kappa shape index (κ3) is 6.74. The molecule has 0 spiro atoms. The van der Waals surface area contributed by atoms with Gasteiger partial charge in [-0.25, -0.2) is 8.78 Å². The van der Waals surface area contributed by atoms with E-state index >= 15 is 0 Å². The number of hydrogen-bond donors (Lipinski definition) is 0. The van der Waals surface area contributed by atoms with Crippen LogP contribution in [0.4, 0.5) is 8.78 Å². The van der Waals surface area contributed by atoms with Crippen LogP contribution >= 0.6 is 0 Å². The minimum absolute atomic E-state index is 0. The van der Waals surface area contributed by atoms with Gasteiger partial charge < -0.3 is 9.97 Å². The molecular weight excluding hydrogens is 655 g/mol. The molecule has 193 valence electrons. The van der Waals surface area contributed by atoms with Crippen molar-refractivity contribution >= 4 is 21.5 Å². The van der Waals surface area contributed by atoms with E-state index in [1.54, 1.807) is 12.1 Å². The van der Waals surface area contributed by atoms with Crippen LogP contribution in [0.1, 0.15) is 13.1 Å². The van der Waals surface area contributed by atoms with Crippen molar-refractivity contribution in [1.29, 1.82) is 0 Å². The maximum Gasteiger partial charge on any atom is 0.244 e. The van der Waals surface area contributed by atoms with Crippen molar-refractivity contribution in [2.24, 2.45) is 0 Å². The number of fused-ring (bicyclic) bond motifs is 2. The molecule has 0 saturated carbocycles. The van der Waals surface area contributed by atoms with E-state index in [2.05, 4.69) is 34.2 Å². The Morgan fingerprint density at radius 2 is 1.21 bits per heavy atom. The molecule has 0 aliphatic carbocycles. The number of aromatic nitrogens is 2. The number of alkyl halides is 2. The minimum atomic E-state index is -2.39. The Labute approximate surface area is 235 Å². The van der Waals surface area contributed by atoms with Gasteiger partial charge in [0, 0.05) is 38.4 Å². The third-order valence-corrected chi connectivity index (χ3v) is 5.76. The predicted molar refractivity (Wildman–Crippen MR) is 148 cm³/mol. The summed E-state index contributed by atoms with van der Waals surface area (Å²) in [6.07, 6.45) is -0.875. The molecule has 2 nitrogen and oxygen atoms in total. The van der Waals surface area contributed by atoms with Crippen molar-refractivity contribution in [1.82, 2.24) is 9.97 Å². The van der Waals surface area contributed by atoms with Gasteiger partial charge >= 0.3 is 0 Å². The Morgan fingerprint density at radius 1 is 0.658 bits per heavy atom. The van der Waals surface area contributed by atoms with E-state index in [4.69, 9.17) is 0 Å². The normalized spacial score (nSPS) is 10.3. The second-order valence-electron chi connectivity index (χ2n) is 8.21. The van der Waals surface area contributed by atoms with Crippen molar-refractivity contribution in [2.75, 3.05) is 0 Å². The predicted octanol–water partition coefficient (Wildman–Crippen LogP) is 8.85. The van der Waals surface area contributed by atoms with E-state index in [-0.39, 0.29) is 34.0 Å².